The van der Waals surface area contributed by atoms with Crippen molar-refractivity contribution in [1.29, 1.82) is 0 Å². The first-order valence-corrected chi connectivity index (χ1v) is 7.78. The van der Waals surface area contributed by atoms with Gasteiger partial charge in [0, 0.05) is 24.4 Å². The Morgan fingerprint density at radius 3 is 2.96 bits per heavy atom. The van der Waals surface area contributed by atoms with Crippen molar-refractivity contribution >= 4 is 23.3 Å². The summed E-state index contributed by atoms with van der Waals surface area (Å²) in [5.74, 6) is 0. The normalized spacial score (nSPS) is 12.0. The number of carbonyl (C=O) groups excluding carboxylic acids is 1. The van der Waals surface area contributed by atoms with Crippen LogP contribution in [-0.2, 0) is 17.7 Å². The molecule has 2 aromatic rings. The van der Waals surface area contributed by atoms with Crippen molar-refractivity contribution in [3.63, 3.8) is 0 Å². The first-order chi connectivity index (χ1) is 11.1. The number of halogens is 1. The number of benzene rings is 1. The van der Waals surface area contributed by atoms with Crippen LogP contribution in [0, 0.1) is 0 Å². The number of anilines is 1. The third-order valence-corrected chi connectivity index (χ3v) is 3.65. The molecule has 1 atom stereocenters. The summed E-state index contributed by atoms with van der Waals surface area (Å²) in [7, 11) is 1.64. The molecule has 6 nitrogen and oxygen atoms in total. The zero-order valence-electron chi connectivity index (χ0n) is 13.3. The number of aromatic nitrogens is 2. The van der Waals surface area contributed by atoms with Gasteiger partial charge in [-0.05, 0) is 25.0 Å². The van der Waals surface area contributed by atoms with E-state index in [2.05, 4.69) is 15.7 Å². The van der Waals surface area contributed by atoms with E-state index in [9.17, 15) is 4.79 Å². The molecule has 0 spiro atoms. The molecule has 0 fully saturated rings. The summed E-state index contributed by atoms with van der Waals surface area (Å²) < 4.78 is 6.70. The molecule has 0 saturated carbocycles. The standard InChI is InChI=1S/C16H21ClN4O2/c1-12(9-13-5-3-4-6-15(13)17)19-16(22)20-14-10-18-21(11-14)7-8-23-2/h3-6,10-12H,7-9H2,1-2H3,(H2,19,20,22). The van der Waals surface area contributed by atoms with Crippen LogP contribution in [-0.4, -0.2) is 35.6 Å². The van der Waals surface area contributed by atoms with E-state index in [0.29, 0.717) is 30.3 Å². The van der Waals surface area contributed by atoms with Gasteiger partial charge in [0.25, 0.3) is 0 Å². The fraction of sp³-hybridized carbons (Fsp3) is 0.375. The number of nitrogens with zero attached hydrogens (tertiary/aromatic N) is 2. The van der Waals surface area contributed by atoms with Crippen LogP contribution >= 0.6 is 11.6 Å². The number of carbonyl (C=O) groups is 1. The van der Waals surface area contributed by atoms with Crippen molar-refractivity contribution in [1.82, 2.24) is 15.1 Å². The lowest BCUT2D eigenvalue weighted by Crippen LogP contribution is -2.37. The number of methoxy groups -OCH3 is 1. The van der Waals surface area contributed by atoms with E-state index < -0.39 is 0 Å². The van der Waals surface area contributed by atoms with Crippen LogP contribution in [0.15, 0.2) is 36.7 Å². The maximum atomic E-state index is 12.0. The molecule has 0 radical (unpaired) electrons. The zero-order chi connectivity index (χ0) is 16.7. The van der Waals surface area contributed by atoms with Gasteiger partial charge in [-0.25, -0.2) is 4.79 Å². The van der Waals surface area contributed by atoms with Crippen LogP contribution in [0.3, 0.4) is 0 Å². The monoisotopic (exact) mass is 336 g/mol. The highest BCUT2D eigenvalue weighted by Crippen LogP contribution is 2.16. The molecule has 1 aromatic heterocycles. The number of hydrogen-bond donors (Lipinski definition) is 2. The van der Waals surface area contributed by atoms with Crippen molar-refractivity contribution < 1.29 is 9.53 Å². The van der Waals surface area contributed by atoms with Crippen molar-refractivity contribution in [2.24, 2.45) is 0 Å². The molecule has 23 heavy (non-hydrogen) atoms. The lowest BCUT2D eigenvalue weighted by Gasteiger charge is -2.15. The van der Waals surface area contributed by atoms with Gasteiger partial charge in [0.05, 0.1) is 25.0 Å². The molecule has 0 bridgehead atoms. The number of rotatable bonds is 7. The molecule has 2 amide bonds. The number of urea groups is 1. The van der Waals surface area contributed by atoms with Crippen LogP contribution < -0.4 is 10.6 Å². The first kappa shape index (κ1) is 17.3. The minimum absolute atomic E-state index is 0.0431. The first-order valence-electron chi connectivity index (χ1n) is 7.41. The van der Waals surface area contributed by atoms with E-state index in [1.54, 1.807) is 24.2 Å². The highest BCUT2D eigenvalue weighted by Gasteiger charge is 2.10. The van der Waals surface area contributed by atoms with Crippen LogP contribution in [0.25, 0.3) is 0 Å². The molecule has 124 valence electrons. The van der Waals surface area contributed by atoms with Gasteiger partial charge in [0.15, 0.2) is 0 Å². The molecule has 0 aliphatic carbocycles. The molecular weight excluding hydrogens is 316 g/mol. The summed E-state index contributed by atoms with van der Waals surface area (Å²) >= 11 is 6.13. The Balaban J connectivity index is 1.82. The molecule has 1 unspecified atom stereocenters. The molecule has 1 heterocycles. The molecule has 0 saturated heterocycles. The minimum Gasteiger partial charge on any atom is -0.383 e. The average Bonchev–Trinajstić information content (AvgIpc) is 2.94. The van der Waals surface area contributed by atoms with Gasteiger partial charge in [-0.15, -0.1) is 0 Å². The van der Waals surface area contributed by atoms with Gasteiger partial charge in [0.2, 0.25) is 0 Å². The Hall–Kier alpha value is -2.05. The third kappa shape index (κ3) is 5.58. The minimum atomic E-state index is -0.268. The fourth-order valence-corrected chi connectivity index (χ4v) is 2.38. The van der Waals surface area contributed by atoms with E-state index in [1.807, 2.05) is 31.2 Å². The van der Waals surface area contributed by atoms with Gasteiger partial charge in [-0.3, -0.25) is 4.68 Å². The summed E-state index contributed by atoms with van der Waals surface area (Å²) in [5.41, 5.74) is 1.65. The summed E-state index contributed by atoms with van der Waals surface area (Å²) in [6.45, 7) is 3.15. The summed E-state index contributed by atoms with van der Waals surface area (Å²) in [4.78, 5) is 12.0. The van der Waals surface area contributed by atoms with Crippen molar-refractivity contribution in [3.05, 3.63) is 47.2 Å². The maximum Gasteiger partial charge on any atom is 0.319 e. The van der Waals surface area contributed by atoms with E-state index in [0.717, 1.165) is 5.56 Å². The van der Waals surface area contributed by atoms with Gasteiger partial charge in [-0.1, -0.05) is 29.8 Å². The fourth-order valence-electron chi connectivity index (χ4n) is 2.17. The number of ether oxygens (including phenoxy) is 1. The second-order valence-corrected chi connectivity index (χ2v) is 5.69. The van der Waals surface area contributed by atoms with Gasteiger partial charge in [0.1, 0.15) is 0 Å². The van der Waals surface area contributed by atoms with Crippen LogP contribution in [0.2, 0.25) is 5.02 Å². The van der Waals surface area contributed by atoms with Crippen LogP contribution in [0.5, 0.6) is 0 Å². The third-order valence-electron chi connectivity index (χ3n) is 3.28. The number of nitrogens with one attached hydrogen (secondary N) is 2. The molecule has 1 aromatic carbocycles. The number of hydrogen-bond acceptors (Lipinski definition) is 3. The summed E-state index contributed by atoms with van der Waals surface area (Å²) in [6, 6.07) is 7.31. The molecule has 0 aliphatic heterocycles. The Labute approximate surface area is 140 Å². The van der Waals surface area contributed by atoms with E-state index in [4.69, 9.17) is 16.3 Å². The molecular formula is C16H21ClN4O2. The van der Waals surface area contributed by atoms with Crippen molar-refractivity contribution in [2.75, 3.05) is 19.0 Å². The Bertz CT molecular complexity index is 645. The molecule has 2 N–H and O–H groups in total. The average molecular weight is 337 g/mol. The van der Waals surface area contributed by atoms with E-state index in [1.165, 1.54) is 0 Å². The SMILES string of the molecule is COCCn1cc(NC(=O)NC(C)Cc2ccccc2Cl)cn1. The number of amides is 2. The predicted molar refractivity (Wildman–Crippen MR) is 90.9 cm³/mol. The van der Waals surface area contributed by atoms with E-state index >= 15 is 0 Å². The Morgan fingerprint density at radius 2 is 2.22 bits per heavy atom. The van der Waals surface area contributed by atoms with Gasteiger partial charge in [-0.2, -0.15) is 5.10 Å². The lowest BCUT2D eigenvalue weighted by atomic mass is 10.1. The maximum absolute atomic E-state index is 12.0. The Morgan fingerprint density at radius 1 is 1.43 bits per heavy atom. The molecule has 2 rings (SSSR count). The quantitative estimate of drug-likeness (QED) is 0.816. The topological polar surface area (TPSA) is 68.2 Å². The highest BCUT2D eigenvalue weighted by molar-refractivity contribution is 6.31. The Kier molecular flexibility index (Phi) is 6.43. The molecule has 0 aliphatic rings. The zero-order valence-corrected chi connectivity index (χ0v) is 14.0. The van der Waals surface area contributed by atoms with Gasteiger partial charge >= 0.3 is 6.03 Å². The van der Waals surface area contributed by atoms with Crippen molar-refractivity contribution in [2.45, 2.75) is 25.9 Å². The molecule has 7 heteroatoms. The smallest absolute Gasteiger partial charge is 0.319 e. The lowest BCUT2D eigenvalue weighted by molar-refractivity contribution is 0.183. The second kappa shape index (κ2) is 8.55. The van der Waals surface area contributed by atoms with Gasteiger partial charge < -0.3 is 15.4 Å². The van der Waals surface area contributed by atoms with Crippen LogP contribution in [0.4, 0.5) is 10.5 Å². The summed E-state index contributed by atoms with van der Waals surface area (Å²) in [5, 5.41) is 10.5. The van der Waals surface area contributed by atoms with Crippen molar-refractivity contribution in [3.8, 4) is 0 Å². The van der Waals surface area contributed by atoms with Crippen LogP contribution in [0.1, 0.15) is 12.5 Å². The predicted octanol–water partition coefficient (Wildman–Crippen LogP) is 2.94. The highest BCUT2D eigenvalue weighted by atomic mass is 35.5. The summed E-state index contributed by atoms with van der Waals surface area (Å²) in [6.07, 6.45) is 4.03. The largest absolute Gasteiger partial charge is 0.383 e. The van der Waals surface area contributed by atoms with E-state index in [-0.39, 0.29) is 12.1 Å². The second-order valence-electron chi connectivity index (χ2n) is 5.28.